The van der Waals surface area contributed by atoms with Gasteiger partial charge in [0.25, 0.3) is 0 Å². The van der Waals surface area contributed by atoms with Crippen LogP contribution in [0, 0.1) is 11.8 Å². The molecule has 1 amide bonds. The summed E-state index contributed by atoms with van der Waals surface area (Å²) < 4.78 is 0. The van der Waals surface area contributed by atoms with Gasteiger partial charge in [0.15, 0.2) is 0 Å². The SMILES string of the molecule is CCC(CC)(CC)NC(=O)C1CC=CCC1C(=O)O. The van der Waals surface area contributed by atoms with Gasteiger partial charge in [-0.1, -0.05) is 32.9 Å². The molecule has 19 heavy (non-hydrogen) atoms. The summed E-state index contributed by atoms with van der Waals surface area (Å²) in [5.41, 5.74) is -0.193. The van der Waals surface area contributed by atoms with Gasteiger partial charge < -0.3 is 10.4 Å². The number of carboxylic acid groups (broad SMARTS) is 1. The number of carbonyl (C=O) groups is 2. The highest BCUT2D eigenvalue weighted by molar-refractivity contribution is 5.85. The molecular weight excluding hydrogens is 242 g/mol. The predicted molar refractivity (Wildman–Crippen MR) is 74.7 cm³/mol. The Bertz CT molecular complexity index is 350. The van der Waals surface area contributed by atoms with E-state index in [1.807, 2.05) is 12.2 Å². The summed E-state index contributed by atoms with van der Waals surface area (Å²) in [6.07, 6.45) is 7.34. The van der Waals surface area contributed by atoms with E-state index in [2.05, 4.69) is 26.1 Å². The van der Waals surface area contributed by atoms with Gasteiger partial charge in [0.1, 0.15) is 0 Å². The van der Waals surface area contributed by atoms with E-state index in [1.165, 1.54) is 0 Å². The van der Waals surface area contributed by atoms with E-state index in [1.54, 1.807) is 0 Å². The number of aliphatic carboxylic acids is 1. The Labute approximate surface area is 115 Å². The number of nitrogens with one attached hydrogen (secondary N) is 1. The summed E-state index contributed by atoms with van der Waals surface area (Å²) in [5, 5.41) is 12.3. The van der Waals surface area contributed by atoms with Crippen molar-refractivity contribution < 1.29 is 14.7 Å². The van der Waals surface area contributed by atoms with Gasteiger partial charge in [-0.25, -0.2) is 0 Å². The van der Waals surface area contributed by atoms with Gasteiger partial charge in [0.2, 0.25) is 5.91 Å². The van der Waals surface area contributed by atoms with Gasteiger partial charge in [-0.15, -0.1) is 0 Å². The van der Waals surface area contributed by atoms with E-state index in [0.29, 0.717) is 12.8 Å². The molecule has 4 heteroatoms. The maximum atomic E-state index is 12.4. The topological polar surface area (TPSA) is 66.4 Å². The molecule has 0 saturated carbocycles. The van der Waals surface area contributed by atoms with Crippen LogP contribution in [0.5, 0.6) is 0 Å². The van der Waals surface area contributed by atoms with Crippen molar-refractivity contribution in [2.75, 3.05) is 0 Å². The molecule has 0 aliphatic heterocycles. The van der Waals surface area contributed by atoms with Gasteiger partial charge in [0.05, 0.1) is 11.8 Å². The summed E-state index contributed by atoms with van der Waals surface area (Å²) in [6, 6.07) is 0. The largest absolute Gasteiger partial charge is 0.481 e. The minimum Gasteiger partial charge on any atom is -0.481 e. The smallest absolute Gasteiger partial charge is 0.307 e. The van der Waals surface area contributed by atoms with Gasteiger partial charge in [-0.2, -0.15) is 0 Å². The van der Waals surface area contributed by atoms with Crippen molar-refractivity contribution in [3.05, 3.63) is 12.2 Å². The summed E-state index contributed by atoms with van der Waals surface area (Å²) in [4.78, 5) is 23.6. The monoisotopic (exact) mass is 267 g/mol. The van der Waals surface area contributed by atoms with Crippen molar-refractivity contribution in [2.45, 2.75) is 58.4 Å². The Hall–Kier alpha value is -1.32. The molecule has 2 N–H and O–H groups in total. The van der Waals surface area contributed by atoms with Crippen molar-refractivity contribution in [3.63, 3.8) is 0 Å². The second kappa shape index (κ2) is 6.73. The third-order valence-electron chi connectivity index (χ3n) is 4.51. The van der Waals surface area contributed by atoms with Crippen LogP contribution >= 0.6 is 0 Å². The maximum Gasteiger partial charge on any atom is 0.307 e. The molecule has 108 valence electrons. The Morgan fingerprint density at radius 2 is 1.58 bits per heavy atom. The summed E-state index contributed by atoms with van der Waals surface area (Å²) in [5.74, 6) is -2.01. The molecule has 0 aromatic rings. The first-order chi connectivity index (χ1) is 8.99. The highest BCUT2D eigenvalue weighted by Crippen LogP contribution is 2.28. The molecule has 4 nitrogen and oxygen atoms in total. The molecule has 2 unspecified atom stereocenters. The lowest BCUT2D eigenvalue weighted by molar-refractivity contribution is -0.147. The van der Waals surface area contributed by atoms with Crippen LogP contribution in [0.25, 0.3) is 0 Å². The number of amides is 1. The highest BCUT2D eigenvalue weighted by Gasteiger charge is 2.36. The third-order valence-corrected chi connectivity index (χ3v) is 4.51. The van der Waals surface area contributed by atoms with Crippen LogP contribution in [0.3, 0.4) is 0 Å². The van der Waals surface area contributed by atoms with E-state index in [9.17, 15) is 14.7 Å². The maximum absolute atomic E-state index is 12.4. The zero-order chi connectivity index (χ0) is 14.5. The molecule has 0 saturated heterocycles. The fourth-order valence-electron chi connectivity index (χ4n) is 2.75. The van der Waals surface area contributed by atoms with Gasteiger partial charge in [0, 0.05) is 5.54 Å². The lowest BCUT2D eigenvalue weighted by Crippen LogP contribution is -2.51. The first-order valence-electron chi connectivity index (χ1n) is 7.19. The number of carboxylic acids is 1. The van der Waals surface area contributed by atoms with Crippen molar-refractivity contribution in [3.8, 4) is 0 Å². The molecule has 0 radical (unpaired) electrons. The number of rotatable bonds is 6. The lowest BCUT2D eigenvalue weighted by Gasteiger charge is -2.35. The fourth-order valence-corrected chi connectivity index (χ4v) is 2.75. The van der Waals surface area contributed by atoms with E-state index in [0.717, 1.165) is 19.3 Å². The third kappa shape index (κ3) is 3.58. The van der Waals surface area contributed by atoms with Crippen molar-refractivity contribution in [1.82, 2.24) is 5.32 Å². The van der Waals surface area contributed by atoms with Crippen LogP contribution in [0.1, 0.15) is 52.9 Å². The molecule has 0 aromatic carbocycles. The molecule has 0 fully saturated rings. The zero-order valence-electron chi connectivity index (χ0n) is 12.1. The van der Waals surface area contributed by atoms with Gasteiger partial charge in [-0.05, 0) is 32.1 Å². The van der Waals surface area contributed by atoms with E-state index in [4.69, 9.17) is 0 Å². The van der Waals surface area contributed by atoms with Crippen LogP contribution in [-0.4, -0.2) is 22.5 Å². The number of carbonyl (C=O) groups excluding carboxylic acids is 1. The second-order valence-corrected chi connectivity index (χ2v) is 5.32. The molecule has 0 aromatic heterocycles. The van der Waals surface area contributed by atoms with E-state index < -0.39 is 17.8 Å². The average Bonchev–Trinajstić information content (AvgIpc) is 2.44. The normalized spacial score (nSPS) is 23.1. The molecule has 1 rings (SSSR count). The minimum absolute atomic E-state index is 0.109. The summed E-state index contributed by atoms with van der Waals surface area (Å²) in [6.45, 7) is 6.17. The van der Waals surface area contributed by atoms with Crippen molar-refractivity contribution >= 4 is 11.9 Å². The fraction of sp³-hybridized carbons (Fsp3) is 0.733. The molecule has 1 aliphatic rings. The second-order valence-electron chi connectivity index (χ2n) is 5.32. The summed E-state index contributed by atoms with van der Waals surface area (Å²) >= 11 is 0. The number of hydrogen-bond donors (Lipinski definition) is 2. The molecule has 0 bridgehead atoms. The van der Waals surface area contributed by atoms with Crippen LogP contribution < -0.4 is 5.32 Å². The van der Waals surface area contributed by atoms with Gasteiger partial charge in [-0.3, -0.25) is 9.59 Å². The summed E-state index contributed by atoms with van der Waals surface area (Å²) in [7, 11) is 0. The van der Waals surface area contributed by atoms with E-state index >= 15 is 0 Å². The lowest BCUT2D eigenvalue weighted by atomic mass is 9.81. The number of hydrogen-bond acceptors (Lipinski definition) is 2. The molecule has 1 aliphatic carbocycles. The Morgan fingerprint density at radius 3 is 2.00 bits per heavy atom. The minimum atomic E-state index is -0.875. The first-order valence-corrected chi connectivity index (χ1v) is 7.19. The van der Waals surface area contributed by atoms with Gasteiger partial charge >= 0.3 is 5.97 Å². The van der Waals surface area contributed by atoms with Crippen LogP contribution in [0.4, 0.5) is 0 Å². The quantitative estimate of drug-likeness (QED) is 0.727. The predicted octanol–water partition coefficient (Wildman–Crippen LogP) is 2.74. The first kappa shape index (κ1) is 15.7. The molecular formula is C15H25NO3. The van der Waals surface area contributed by atoms with Crippen LogP contribution in [0.15, 0.2) is 12.2 Å². The number of allylic oxidation sites excluding steroid dienone is 2. The Kier molecular flexibility index (Phi) is 5.58. The standard InChI is InChI=1S/C15H25NO3/c1-4-15(5-2,6-3)16-13(17)11-9-7-8-10-12(11)14(18)19/h7-8,11-12H,4-6,9-10H2,1-3H3,(H,16,17)(H,18,19). The zero-order valence-corrected chi connectivity index (χ0v) is 12.1. The van der Waals surface area contributed by atoms with Crippen LogP contribution in [-0.2, 0) is 9.59 Å². The van der Waals surface area contributed by atoms with Crippen molar-refractivity contribution in [2.24, 2.45) is 11.8 Å². The van der Waals surface area contributed by atoms with Crippen molar-refractivity contribution in [1.29, 1.82) is 0 Å². The average molecular weight is 267 g/mol. The Morgan fingerprint density at radius 1 is 1.11 bits per heavy atom. The molecule has 0 spiro atoms. The highest BCUT2D eigenvalue weighted by atomic mass is 16.4. The molecule has 2 atom stereocenters. The Balaban J connectivity index is 2.81. The van der Waals surface area contributed by atoms with E-state index in [-0.39, 0.29) is 11.4 Å². The van der Waals surface area contributed by atoms with Crippen LogP contribution in [0.2, 0.25) is 0 Å². The molecule has 0 heterocycles.